The summed E-state index contributed by atoms with van der Waals surface area (Å²) in [6.07, 6.45) is 1.95. The number of amides is 1. The summed E-state index contributed by atoms with van der Waals surface area (Å²) in [5.74, 6) is -1.02. The van der Waals surface area contributed by atoms with Gasteiger partial charge in [-0.25, -0.2) is 4.79 Å². The normalized spacial score (nSPS) is 27.8. The Kier molecular flexibility index (Phi) is 3.31. The summed E-state index contributed by atoms with van der Waals surface area (Å²) < 4.78 is 0. The molecule has 1 rings (SSSR count). The van der Waals surface area contributed by atoms with E-state index in [0.29, 0.717) is 19.4 Å². The number of likely N-dealkylation sites (N-methyl/N-ethyl adjacent to an activating group) is 1. The molecule has 4 nitrogen and oxygen atoms in total. The summed E-state index contributed by atoms with van der Waals surface area (Å²) >= 11 is 0. The molecule has 1 atom stereocenters. The molecule has 1 amide bonds. The van der Waals surface area contributed by atoms with Crippen molar-refractivity contribution in [1.82, 2.24) is 4.90 Å². The Morgan fingerprint density at radius 1 is 1.31 bits per heavy atom. The molecule has 0 aliphatic heterocycles. The molecule has 0 aromatic heterocycles. The summed E-state index contributed by atoms with van der Waals surface area (Å²) in [5.41, 5.74) is -0.981. The van der Waals surface area contributed by atoms with E-state index in [4.69, 9.17) is 0 Å². The number of carbonyl (C=O) groups excluding carboxylic acids is 1. The van der Waals surface area contributed by atoms with E-state index in [0.717, 1.165) is 6.42 Å². The van der Waals surface area contributed by atoms with Gasteiger partial charge in [-0.1, -0.05) is 13.8 Å². The van der Waals surface area contributed by atoms with Gasteiger partial charge in [-0.3, -0.25) is 4.79 Å². The van der Waals surface area contributed by atoms with Crippen LogP contribution in [-0.2, 0) is 9.59 Å². The molecular formula is C12H21NO3. The molecule has 1 aliphatic carbocycles. The molecule has 1 fully saturated rings. The minimum atomic E-state index is -0.982. The Morgan fingerprint density at radius 3 is 2.12 bits per heavy atom. The van der Waals surface area contributed by atoms with Gasteiger partial charge in [0.1, 0.15) is 5.54 Å². The van der Waals surface area contributed by atoms with Gasteiger partial charge in [0.05, 0.1) is 0 Å². The molecule has 1 N–H and O–H groups in total. The van der Waals surface area contributed by atoms with Crippen molar-refractivity contribution in [2.24, 2.45) is 5.41 Å². The van der Waals surface area contributed by atoms with Crippen LogP contribution in [0.25, 0.3) is 0 Å². The van der Waals surface area contributed by atoms with Gasteiger partial charge in [0.15, 0.2) is 0 Å². The number of carbonyl (C=O) groups is 2. The number of carboxylic acids is 1. The fourth-order valence-corrected chi connectivity index (χ4v) is 2.87. The number of hydrogen-bond acceptors (Lipinski definition) is 2. The molecule has 1 saturated carbocycles. The number of hydrogen-bond donors (Lipinski definition) is 1. The second-order valence-corrected chi connectivity index (χ2v) is 5.44. The lowest BCUT2D eigenvalue weighted by atomic mass is 9.86. The van der Waals surface area contributed by atoms with Crippen LogP contribution in [0.1, 0.15) is 47.0 Å². The first-order chi connectivity index (χ1) is 7.25. The lowest BCUT2D eigenvalue weighted by molar-refractivity contribution is -0.158. The molecular weight excluding hydrogens is 206 g/mol. The third-order valence-corrected chi connectivity index (χ3v) is 3.60. The van der Waals surface area contributed by atoms with Gasteiger partial charge < -0.3 is 10.0 Å². The zero-order chi connectivity index (χ0) is 12.6. The predicted octanol–water partition coefficient (Wildman–Crippen LogP) is 1.89. The van der Waals surface area contributed by atoms with Crippen LogP contribution < -0.4 is 0 Å². The molecule has 0 aromatic rings. The third kappa shape index (κ3) is 2.06. The van der Waals surface area contributed by atoms with Crippen molar-refractivity contribution in [2.45, 2.75) is 52.5 Å². The molecule has 0 saturated heterocycles. The molecule has 0 heterocycles. The quantitative estimate of drug-likeness (QED) is 0.801. The van der Waals surface area contributed by atoms with E-state index in [2.05, 4.69) is 13.8 Å². The summed E-state index contributed by atoms with van der Waals surface area (Å²) in [7, 11) is 0. The van der Waals surface area contributed by atoms with Crippen LogP contribution in [0.2, 0.25) is 0 Å². The van der Waals surface area contributed by atoms with Crippen LogP contribution in [-0.4, -0.2) is 34.0 Å². The lowest BCUT2D eigenvalue weighted by Gasteiger charge is -2.37. The maximum atomic E-state index is 11.5. The number of aliphatic carboxylic acids is 1. The van der Waals surface area contributed by atoms with E-state index in [1.54, 1.807) is 0 Å². The Labute approximate surface area is 96.6 Å². The molecule has 4 heteroatoms. The number of nitrogens with zero attached hydrogens (tertiary/aromatic N) is 1. The van der Waals surface area contributed by atoms with Crippen molar-refractivity contribution in [1.29, 1.82) is 0 Å². The second kappa shape index (κ2) is 4.07. The maximum Gasteiger partial charge on any atom is 0.329 e. The van der Waals surface area contributed by atoms with E-state index >= 15 is 0 Å². The minimum absolute atomic E-state index is 0.00125. The highest BCUT2D eigenvalue weighted by atomic mass is 16.4. The molecule has 0 aromatic carbocycles. The standard InChI is InChI=1S/C12H21NO3/c1-5-13(9(2)14)12(10(15)16)7-6-11(3,4)8-12/h5-8H2,1-4H3,(H,15,16). The average molecular weight is 227 g/mol. The van der Waals surface area contributed by atoms with Crippen LogP contribution in [0.15, 0.2) is 0 Å². The molecule has 0 spiro atoms. The van der Waals surface area contributed by atoms with Crippen LogP contribution >= 0.6 is 0 Å². The highest BCUT2D eigenvalue weighted by molar-refractivity contribution is 5.86. The summed E-state index contributed by atoms with van der Waals surface area (Å²) in [6.45, 7) is 7.85. The van der Waals surface area contributed by atoms with Gasteiger partial charge in [-0.15, -0.1) is 0 Å². The van der Waals surface area contributed by atoms with Gasteiger partial charge in [0.25, 0.3) is 0 Å². The smallest absolute Gasteiger partial charge is 0.329 e. The lowest BCUT2D eigenvalue weighted by Crippen LogP contribution is -2.55. The van der Waals surface area contributed by atoms with Gasteiger partial charge in [0.2, 0.25) is 5.91 Å². The largest absolute Gasteiger partial charge is 0.479 e. The number of carboxylic acid groups (broad SMARTS) is 1. The second-order valence-electron chi connectivity index (χ2n) is 5.44. The topological polar surface area (TPSA) is 57.6 Å². The molecule has 1 aliphatic rings. The Balaban J connectivity index is 3.08. The summed E-state index contributed by atoms with van der Waals surface area (Å²) in [5, 5.41) is 9.45. The van der Waals surface area contributed by atoms with Crippen molar-refractivity contribution in [3.63, 3.8) is 0 Å². The summed E-state index contributed by atoms with van der Waals surface area (Å²) in [4.78, 5) is 24.6. The van der Waals surface area contributed by atoms with E-state index in [9.17, 15) is 14.7 Å². The Bertz CT molecular complexity index is 311. The predicted molar refractivity (Wildman–Crippen MR) is 61.1 cm³/mol. The molecule has 0 radical (unpaired) electrons. The highest BCUT2D eigenvalue weighted by Gasteiger charge is 2.53. The van der Waals surface area contributed by atoms with Crippen molar-refractivity contribution < 1.29 is 14.7 Å². The zero-order valence-electron chi connectivity index (χ0n) is 10.5. The Morgan fingerprint density at radius 2 is 1.88 bits per heavy atom. The molecule has 0 bridgehead atoms. The maximum absolute atomic E-state index is 11.5. The average Bonchev–Trinajstić information content (AvgIpc) is 2.44. The molecule has 16 heavy (non-hydrogen) atoms. The first-order valence-corrected chi connectivity index (χ1v) is 5.77. The minimum Gasteiger partial charge on any atom is -0.479 e. The van der Waals surface area contributed by atoms with Gasteiger partial charge >= 0.3 is 5.97 Å². The van der Waals surface area contributed by atoms with Crippen molar-refractivity contribution in [2.75, 3.05) is 6.54 Å². The van der Waals surface area contributed by atoms with Crippen LogP contribution in [0.5, 0.6) is 0 Å². The van der Waals surface area contributed by atoms with Crippen LogP contribution in [0.4, 0.5) is 0 Å². The summed E-state index contributed by atoms with van der Waals surface area (Å²) in [6, 6.07) is 0. The van der Waals surface area contributed by atoms with Crippen molar-refractivity contribution in [3.05, 3.63) is 0 Å². The fourth-order valence-electron chi connectivity index (χ4n) is 2.87. The molecule has 92 valence electrons. The highest BCUT2D eigenvalue weighted by Crippen LogP contribution is 2.46. The third-order valence-electron chi connectivity index (χ3n) is 3.60. The monoisotopic (exact) mass is 227 g/mol. The van der Waals surface area contributed by atoms with Gasteiger partial charge in [-0.2, -0.15) is 0 Å². The number of rotatable bonds is 3. The first kappa shape index (κ1) is 13.0. The van der Waals surface area contributed by atoms with Crippen molar-refractivity contribution >= 4 is 11.9 Å². The van der Waals surface area contributed by atoms with Crippen LogP contribution in [0, 0.1) is 5.41 Å². The molecule has 1 unspecified atom stereocenters. The fraction of sp³-hybridized carbons (Fsp3) is 0.833. The van der Waals surface area contributed by atoms with E-state index in [1.807, 2.05) is 6.92 Å². The van der Waals surface area contributed by atoms with E-state index in [1.165, 1.54) is 11.8 Å². The zero-order valence-corrected chi connectivity index (χ0v) is 10.5. The van der Waals surface area contributed by atoms with Crippen molar-refractivity contribution in [3.8, 4) is 0 Å². The Hall–Kier alpha value is -1.06. The van der Waals surface area contributed by atoms with E-state index < -0.39 is 11.5 Å². The SMILES string of the molecule is CCN(C(C)=O)C1(C(=O)O)CCC(C)(C)C1. The first-order valence-electron chi connectivity index (χ1n) is 5.77. The van der Waals surface area contributed by atoms with Gasteiger partial charge in [-0.05, 0) is 31.6 Å². The van der Waals surface area contributed by atoms with E-state index in [-0.39, 0.29) is 11.3 Å². The van der Waals surface area contributed by atoms with Crippen LogP contribution in [0.3, 0.4) is 0 Å². The van der Waals surface area contributed by atoms with Gasteiger partial charge in [0, 0.05) is 13.5 Å².